The summed E-state index contributed by atoms with van der Waals surface area (Å²) in [7, 11) is 0. The van der Waals surface area contributed by atoms with E-state index < -0.39 is 23.5 Å². The molecule has 0 aromatic heterocycles. The number of hydrogen-bond acceptors (Lipinski definition) is 3. The lowest BCUT2D eigenvalue weighted by atomic mass is 9.91. The lowest BCUT2D eigenvalue weighted by Gasteiger charge is -2.28. The zero-order valence-corrected chi connectivity index (χ0v) is 17.5. The van der Waals surface area contributed by atoms with Gasteiger partial charge in [0.15, 0.2) is 5.54 Å². The second kappa shape index (κ2) is 9.06. The minimum absolute atomic E-state index is 0.0835. The molecule has 0 saturated heterocycles. The average molecular weight is 428 g/mol. The molecule has 3 aromatic carbocycles. The number of rotatable bonds is 7. The summed E-state index contributed by atoms with van der Waals surface area (Å²) in [4.78, 5) is 38.1. The number of carbonyl (C=O) groups excluding carboxylic acids is 2. The predicted octanol–water partition coefficient (Wildman–Crippen LogP) is 3.59. The van der Waals surface area contributed by atoms with Crippen molar-refractivity contribution in [1.29, 1.82) is 0 Å². The number of fused-ring (bicyclic) bond motifs is 1. The molecule has 32 heavy (non-hydrogen) atoms. The number of nitrogens with one attached hydrogen (secondary N) is 2. The lowest BCUT2D eigenvalue weighted by Crippen LogP contribution is -2.51. The number of aliphatic carboxylic acids is 1. The molecule has 1 aliphatic carbocycles. The molecule has 0 fully saturated rings. The van der Waals surface area contributed by atoms with Crippen molar-refractivity contribution in [3.63, 3.8) is 0 Å². The van der Waals surface area contributed by atoms with Gasteiger partial charge in [-0.3, -0.25) is 9.59 Å². The zero-order chi connectivity index (χ0) is 22.6. The van der Waals surface area contributed by atoms with E-state index in [-0.39, 0.29) is 12.3 Å². The molecule has 4 rings (SSSR count). The summed E-state index contributed by atoms with van der Waals surface area (Å²) in [5, 5.41) is 15.7. The first-order valence-corrected chi connectivity index (χ1v) is 10.5. The quantitative estimate of drug-likeness (QED) is 0.536. The largest absolute Gasteiger partial charge is 0.479 e. The van der Waals surface area contributed by atoms with E-state index in [1.165, 1.54) is 0 Å². The van der Waals surface area contributed by atoms with Crippen LogP contribution in [0.15, 0.2) is 84.9 Å². The van der Waals surface area contributed by atoms with E-state index in [9.17, 15) is 19.5 Å². The van der Waals surface area contributed by atoms with Gasteiger partial charge in [-0.25, -0.2) is 4.79 Å². The molecule has 3 N–H and O–H groups in total. The highest BCUT2D eigenvalue weighted by molar-refractivity contribution is 5.95. The van der Waals surface area contributed by atoms with Crippen LogP contribution in [0.3, 0.4) is 0 Å². The third-order valence-electron chi connectivity index (χ3n) is 5.90. The van der Waals surface area contributed by atoms with Crippen LogP contribution < -0.4 is 10.6 Å². The SMILES string of the molecule is O=C(CC(NC(=O)c1ccccc1)c1ccccc1)NC1(C(=O)O)CCc2ccccc21. The fourth-order valence-corrected chi connectivity index (χ4v) is 4.26. The molecule has 1 aliphatic rings. The van der Waals surface area contributed by atoms with Gasteiger partial charge in [0.2, 0.25) is 5.91 Å². The summed E-state index contributed by atoms with van der Waals surface area (Å²) in [6.45, 7) is 0. The van der Waals surface area contributed by atoms with E-state index in [2.05, 4.69) is 10.6 Å². The smallest absolute Gasteiger partial charge is 0.334 e. The Morgan fingerprint density at radius 2 is 1.50 bits per heavy atom. The molecule has 0 aliphatic heterocycles. The van der Waals surface area contributed by atoms with E-state index in [4.69, 9.17) is 0 Å². The third kappa shape index (κ3) is 4.25. The van der Waals surface area contributed by atoms with Gasteiger partial charge in [-0.05, 0) is 41.7 Å². The topological polar surface area (TPSA) is 95.5 Å². The molecule has 0 saturated carbocycles. The minimum atomic E-state index is -1.46. The van der Waals surface area contributed by atoms with Crippen molar-refractivity contribution in [2.24, 2.45) is 0 Å². The van der Waals surface area contributed by atoms with Crippen LogP contribution in [-0.4, -0.2) is 22.9 Å². The van der Waals surface area contributed by atoms with Crippen LogP contribution in [0.2, 0.25) is 0 Å². The number of amides is 2. The van der Waals surface area contributed by atoms with Gasteiger partial charge in [0.25, 0.3) is 5.91 Å². The van der Waals surface area contributed by atoms with Crippen LogP contribution in [0, 0.1) is 0 Å². The minimum Gasteiger partial charge on any atom is -0.479 e. The van der Waals surface area contributed by atoms with Crippen LogP contribution in [0.25, 0.3) is 0 Å². The molecule has 0 heterocycles. The first-order chi connectivity index (χ1) is 15.5. The van der Waals surface area contributed by atoms with Gasteiger partial charge < -0.3 is 15.7 Å². The molecule has 6 nitrogen and oxygen atoms in total. The van der Waals surface area contributed by atoms with Gasteiger partial charge >= 0.3 is 5.97 Å². The molecule has 162 valence electrons. The number of benzene rings is 3. The maximum atomic E-state index is 13.1. The molecule has 3 aromatic rings. The number of carbonyl (C=O) groups is 3. The van der Waals surface area contributed by atoms with Crippen LogP contribution in [-0.2, 0) is 21.5 Å². The Balaban J connectivity index is 1.56. The van der Waals surface area contributed by atoms with E-state index in [0.717, 1.165) is 11.1 Å². The molecule has 2 atom stereocenters. The number of hydrogen-bond donors (Lipinski definition) is 3. The van der Waals surface area contributed by atoms with Gasteiger partial charge in [-0.15, -0.1) is 0 Å². The molecular formula is C26H24N2O4. The van der Waals surface area contributed by atoms with Gasteiger partial charge in [0.05, 0.1) is 12.5 Å². The molecule has 6 heteroatoms. The van der Waals surface area contributed by atoms with Gasteiger partial charge in [-0.2, -0.15) is 0 Å². The van der Waals surface area contributed by atoms with Crippen LogP contribution in [0.1, 0.15) is 45.9 Å². The summed E-state index contributed by atoms with van der Waals surface area (Å²) >= 11 is 0. The maximum absolute atomic E-state index is 13.1. The number of carboxylic acid groups (broad SMARTS) is 1. The Hall–Kier alpha value is -3.93. The molecular weight excluding hydrogens is 404 g/mol. The first-order valence-electron chi connectivity index (χ1n) is 10.5. The molecule has 2 amide bonds. The molecule has 0 spiro atoms. The van der Waals surface area contributed by atoms with Crippen molar-refractivity contribution >= 4 is 17.8 Å². The molecule has 2 unspecified atom stereocenters. The Kier molecular flexibility index (Phi) is 6.03. The van der Waals surface area contributed by atoms with Crippen molar-refractivity contribution in [3.05, 3.63) is 107 Å². The second-order valence-electron chi connectivity index (χ2n) is 7.92. The van der Waals surface area contributed by atoms with Gasteiger partial charge in [0, 0.05) is 5.56 Å². The van der Waals surface area contributed by atoms with Crippen LogP contribution in [0.5, 0.6) is 0 Å². The van der Waals surface area contributed by atoms with Gasteiger partial charge in [0.1, 0.15) is 0 Å². The van der Waals surface area contributed by atoms with E-state index >= 15 is 0 Å². The highest BCUT2D eigenvalue weighted by Gasteiger charge is 2.46. The lowest BCUT2D eigenvalue weighted by molar-refractivity contribution is -0.148. The summed E-state index contributed by atoms with van der Waals surface area (Å²) in [6.07, 6.45) is 0.787. The predicted molar refractivity (Wildman–Crippen MR) is 120 cm³/mol. The molecule has 0 bridgehead atoms. The van der Waals surface area contributed by atoms with E-state index in [0.29, 0.717) is 24.0 Å². The molecule has 0 radical (unpaired) electrons. The van der Waals surface area contributed by atoms with Crippen LogP contribution in [0.4, 0.5) is 0 Å². The number of aryl methyl sites for hydroxylation is 1. The Bertz CT molecular complexity index is 1130. The second-order valence-corrected chi connectivity index (χ2v) is 7.92. The number of carboxylic acids is 1. The Morgan fingerprint density at radius 1 is 0.875 bits per heavy atom. The fraction of sp³-hybridized carbons (Fsp3) is 0.192. The van der Waals surface area contributed by atoms with Crippen LogP contribution >= 0.6 is 0 Å². The van der Waals surface area contributed by atoms with E-state index in [1.807, 2.05) is 48.5 Å². The van der Waals surface area contributed by atoms with Crippen molar-refractivity contribution < 1.29 is 19.5 Å². The summed E-state index contributed by atoms with van der Waals surface area (Å²) in [5.74, 6) is -1.82. The van der Waals surface area contributed by atoms with Crippen molar-refractivity contribution in [1.82, 2.24) is 10.6 Å². The summed E-state index contributed by atoms with van der Waals surface area (Å²) < 4.78 is 0. The Morgan fingerprint density at radius 3 is 2.19 bits per heavy atom. The average Bonchev–Trinajstić information content (AvgIpc) is 3.19. The van der Waals surface area contributed by atoms with Crippen molar-refractivity contribution in [2.45, 2.75) is 30.8 Å². The highest BCUT2D eigenvalue weighted by Crippen LogP contribution is 2.37. The van der Waals surface area contributed by atoms with Crippen molar-refractivity contribution in [2.75, 3.05) is 0 Å². The van der Waals surface area contributed by atoms with Gasteiger partial charge in [-0.1, -0.05) is 72.8 Å². The standard InChI is InChI=1S/C26H24N2O4/c29-23(28-26(25(31)32)16-15-18-9-7-8-14-21(18)26)17-22(19-10-3-1-4-11-19)27-24(30)20-12-5-2-6-13-20/h1-14,22H,15-17H2,(H,27,30)(H,28,29)(H,31,32). The monoisotopic (exact) mass is 428 g/mol. The normalized spacial score (nSPS) is 17.8. The summed E-state index contributed by atoms with van der Waals surface area (Å²) in [5.41, 5.74) is 1.33. The van der Waals surface area contributed by atoms with E-state index in [1.54, 1.807) is 36.4 Å². The highest BCUT2D eigenvalue weighted by atomic mass is 16.4. The summed E-state index contributed by atoms with van der Waals surface area (Å²) in [6, 6.07) is 24.6. The fourth-order valence-electron chi connectivity index (χ4n) is 4.26. The Labute approximate surface area is 186 Å². The maximum Gasteiger partial charge on any atom is 0.334 e. The third-order valence-corrected chi connectivity index (χ3v) is 5.90. The van der Waals surface area contributed by atoms with Crippen molar-refractivity contribution in [3.8, 4) is 0 Å². The zero-order valence-electron chi connectivity index (χ0n) is 17.5. The first kappa shape index (κ1) is 21.3.